The third-order valence-electron chi connectivity index (χ3n) is 2.92. The molecule has 1 aromatic carbocycles. The molecule has 0 aliphatic heterocycles. The molecule has 20 heavy (non-hydrogen) atoms. The van der Waals surface area contributed by atoms with Gasteiger partial charge in [0.05, 0.1) is 10.7 Å². The molecule has 1 heterocycles. The van der Waals surface area contributed by atoms with Crippen LogP contribution in [-0.2, 0) is 13.2 Å². The fourth-order valence-corrected chi connectivity index (χ4v) is 2.19. The van der Waals surface area contributed by atoms with Crippen LogP contribution in [0.1, 0.15) is 23.9 Å². The second-order valence-corrected chi connectivity index (χ2v) is 4.97. The van der Waals surface area contributed by atoms with Crippen molar-refractivity contribution in [3.8, 4) is 5.75 Å². The highest BCUT2D eigenvalue weighted by Gasteiger charge is 2.08. The molecular formula is C16H19ClN2O. The number of aromatic nitrogens is 1. The van der Waals surface area contributed by atoms with Crippen LogP contribution in [0.4, 0.5) is 0 Å². The van der Waals surface area contributed by atoms with E-state index in [1.165, 1.54) is 0 Å². The fraction of sp³-hybridized carbons (Fsp3) is 0.312. The normalized spacial score (nSPS) is 10.6. The zero-order valence-corrected chi connectivity index (χ0v) is 12.6. The van der Waals surface area contributed by atoms with Crippen LogP contribution in [0.5, 0.6) is 5.75 Å². The van der Waals surface area contributed by atoms with E-state index in [2.05, 4.69) is 17.2 Å². The van der Waals surface area contributed by atoms with Gasteiger partial charge >= 0.3 is 0 Å². The zero-order valence-electron chi connectivity index (χ0n) is 11.8. The Bertz CT molecular complexity index is 572. The fourth-order valence-electron chi connectivity index (χ4n) is 1.94. The number of rotatable bonds is 6. The molecule has 0 fully saturated rings. The van der Waals surface area contributed by atoms with E-state index in [4.69, 9.17) is 16.3 Å². The van der Waals surface area contributed by atoms with Crippen LogP contribution in [0.3, 0.4) is 0 Å². The van der Waals surface area contributed by atoms with Gasteiger partial charge in [-0.1, -0.05) is 36.7 Å². The summed E-state index contributed by atoms with van der Waals surface area (Å²) in [4.78, 5) is 4.43. The van der Waals surface area contributed by atoms with Gasteiger partial charge in [0, 0.05) is 17.8 Å². The van der Waals surface area contributed by atoms with Crippen molar-refractivity contribution in [3.05, 3.63) is 58.4 Å². The second-order valence-electron chi connectivity index (χ2n) is 4.57. The van der Waals surface area contributed by atoms with E-state index in [1.54, 1.807) is 0 Å². The smallest absolute Gasteiger partial charge is 0.142 e. The summed E-state index contributed by atoms with van der Waals surface area (Å²) < 4.78 is 5.87. The summed E-state index contributed by atoms with van der Waals surface area (Å²) in [5.41, 5.74) is 2.95. The highest BCUT2D eigenvalue weighted by molar-refractivity contribution is 6.32. The highest BCUT2D eigenvalue weighted by Crippen LogP contribution is 2.29. The monoisotopic (exact) mass is 290 g/mol. The van der Waals surface area contributed by atoms with Gasteiger partial charge in [-0.15, -0.1) is 0 Å². The molecule has 0 aliphatic carbocycles. The van der Waals surface area contributed by atoms with E-state index >= 15 is 0 Å². The molecule has 0 radical (unpaired) electrons. The van der Waals surface area contributed by atoms with Crippen molar-refractivity contribution in [2.24, 2.45) is 0 Å². The number of pyridine rings is 1. The second kappa shape index (κ2) is 7.27. The lowest BCUT2D eigenvalue weighted by molar-refractivity contribution is 0.297. The average molecular weight is 291 g/mol. The predicted octanol–water partition coefficient (Wildman–Crippen LogP) is 3.73. The lowest BCUT2D eigenvalue weighted by Gasteiger charge is -2.13. The minimum absolute atomic E-state index is 0.421. The predicted molar refractivity (Wildman–Crippen MR) is 82.1 cm³/mol. The molecule has 3 nitrogen and oxygen atoms in total. The van der Waals surface area contributed by atoms with Crippen LogP contribution in [-0.4, -0.2) is 11.5 Å². The number of benzene rings is 1. The van der Waals surface area contributed by atoms with Crippen LogP contribution < -0.4 is 10.1 Å². The zero-order chi connectivity index (χ0) is 14.4. The molecule has 1 aromatic heterocycles. The Hall–Kier alpha value is -1.58. The van der Waals surface area contributed by atoms with Crippen LogP contribution in [0.2, 0.25) is 5.02 Å². The minimum atomic E-state index is 0.421. The maximum Gasteiger partial charge on any atom is 0.142 e. The Morgan fingerprint density at radius 2 is 2.00 bits per heavy atom. The van der Waals surface area contributed by atoms with Crippen molar-refractivity contribution >= 4 is 11.6 Å². The maximum atomic E-state index is 6.23. The molecule has 0 aliphatic rings. The molecule has 0 spiro atoms. The van der Waals surface area contributed by atoms with Crippen molar-refractivity contribution < 1.29 is 4.74 Å². The molecule has 1 N–H and O–H groups in total. The van der Waals surface area contributed by atoms with E-state index in [0.717, 1.165) is 35.8 Å². The van der Waals surface area contributed by atoms with Crippen LogP contribution >= 0.6 is 11.6 Å². The third-order valence-corrected chi connectivity index (χ3v) is 3.22. The van der Waals surface area contributed by atoms with Gasteiger partial charge in [0.1, 0.15) is 12.4 Å². The molecule has 106 valence electrons. The largest absolute Gasteiger partial charge is 0.485 e. The van der Waals surface area contributed by atoms with Gasteiger partial charge < -0.3 is 10.1 Å². The first-order valence-electron chi connectivity index (χ1n) is 6.74. The minimum Gasteiger partial charge on any atom is -0.485 e. The van der Waals surface area contributed by atoms with Gasteiger partial charge in [-0.3, -0.25) is 4.98 Å². The molecule has 0 saturated heterocycles. The van der Waals surface area contributed by atoms with E-state index in [1.807, 2.05) is 43.3 Å². The summed E-state index contributed by atoms with van der Waals surface area (Å²) in [6.45, 7) is 6.11. The quantitative estimate of drug-likeness (QED) is 0.880. The molecule has 4 heteroatoms. The van der Waals surface area contributed by atoms with E-state index < -0.39 is 0 Å². The van der Waals surface area contributed by atoms with Gasteiger partial charge in [0.25, 0.3) is 0 Å². The lowest BCUT2D eigenvalue weighted by Crippen LogP contribution is -2.13. The Morgan fingerprint density at radius 1 is 1.20 bits per heavy atom. The molecule has 0 amide bonds. The van der Waals surface area contributed by atoms with E-state index in [9.17, 15) is 0 Å². The summed E-state index contributed by atoms with van der Waals surface area (Å²) >= 11 is 6.23. The van der Waals surface area contributed by atoms with Crippen molar-refractivity contribution in [1.29, 1.82) is 0 Å². The number of para-hydroxylation sites is 1. The number of aryl methyl sites for hydroxylation is 1. The Morgan fingerprint density at radius 3 is 2.75 bits per heavy atom. The lowest BCUT2D eigenvalue weighted by atomic mass is 10.2. The van der Waals surface area contributed by atoms with E-state index in [0.29, 0.717) is 11.6 Å². The molecule has 0 unspecified atom stereocenters. The Labute approximate surface area is 124 Å². The molecule has 2 aromatic rings. The standard InChI is InChI=1S/C16H19ClN2O/c1-3-18-10-13-7-5-9-15(17)16(13)20-11-14-8-4-6-12(2)19-14/h4-9,18H,3,10-11H2,1-2H3. The SMILES string of the molecule is CCNCc1cccc(Cl)c1OCc1cccc(C)n1. The molecule has 0 atom stereocenters. The number of hydrogen-bond acceptors (Lipinski definition) is 3. The molecule has 0 saturated carbocycles. The third kappa shape index (κ3) is 3.95. The van der Waals surface area contributed by atoms with Crippen molar-refractivity contribution in [2.75, 3.05) is 6.54 Å². The number of nitrogens with one attached hydrogen (secondary N) is 1. The topological polar surface area (TPSA) is 34.1 Å². The average Bonchev–Trinajstić information content (AvgIpc) is 2.44. The molecular weight excluding hydrogens is 272 g/mol. The first-order chi connectivity index (χ1) is 9.70. The van der Waals surface area contributed by atoms with Crippen molar-refractivity contribution in [3.63, 3.8) is 0 Å². The highest BCUT2D eigenvalue weighted by atomic mass is 35.5. The summed E-state index contributed by atoms with van der Waals surface area (Å²) in [6.07, 6.45) is 0. The van der Waals surface area contributed by atoms with E-state index in [-0.39, 0.29) is 0 Å². The van der Waals surface area contributed by atoms with Crippen LogP contribution in [0, 0.1) is 6.92 Å². The summed E-state index contributed by atoms with van der Waals surface area (Å²) in [5.74, 6) is 0.735. The first kappa shape index (κ1) is 14.8. The summed E-state index contributed by atoms with van der Waals surface area (Å²) in [5, 5.41) is 3.92. The van der Waals surface area contributed by atoms with Gasteiger partial charge in [0.2, 0.25) is 0 Å². The van der Waals surface area contributed by atoms with Crippen LogP contribution in [0.15, 0.2) is 36.4 Å². The van der Waals surface area contributed by atoms with Crippen LogP contribution in [0.25, 0.3) is 0 Å². The molecule has 0 bridgehead atoms. The maximum absolute atomic E-state index is 6.23. The molecule has 2 rings (SSSR count). The van der Waals surface area contributed by atoms with Gasteiger partial charge in [-0.05, 0) is 31.7 Å². The van der Waals surface area contributed by atoms with Crippen molar-refractivity contribution in [2.45, 2.75) is 27.0 Å². The number of hydrogen-bond donors (Lipinski definition) is 1. The number of halogens is 1. The Balaban J connectivity index is 2.11. The van der Waals surface area contributed by atoms with Gasteiger partial charge in [0.15, 0.2) is 0 Å². The van der Waals surface area contributed by atoms with Gasteiger partial charge in [-0.25, -0.2) is 0 Å². The number of nitrogens with zero attached hydrogens (tertiary/aromatic N) is 1. The summed E-state index contributed by atoms with van der Waals surface area (Å²) in [6, 6.07) is 11.7. The first-order valence-corrected chi connectivity index (χ1v) is 7.12. The van der Waals surface area contributed by atoms with Crippen molar-refractivity contribution in [1.82, 2.24) is 10.3 Å². The number of ether oxygens (including phenoxy) is 1. The van der Waals surface area contributed by atoms with Gasteiger partial charge in [-0.2, -0.15) is 0 Å². The Kier molecular flexibility index (Phi) is 5.39. The summed E-state index contributed by atoms with van der Waals surface area (Å²) in [7, 11) is 0.